The maximum Gasteiger partial charge on any atom is 0.351 e. The van der Waals surface area contributed by atoms with E-state index in [9.17, 15) is 9.90 Å². The van der Waals surface area contributed by atoms with E-state index in [0.29, 0.717) is 5.92 Å². The summed E-state index contributed by atoms with van der Waals surface area (Å²) in [6, 6.07) is 0. The molecular formula is C19H29NO3. The Morgan fingerprint density at radius 2 is 1.87 bits per heavy atom. The summed E-state index contributed by atoms with van der Waals surface area (Å²) in [5, 5.41) is 11.1. The fraction of sp³-hybridized carbons (Fsp3) is 0.842. The van der Waals surface area contributed by atoms with Crippen LogP contribution in [0.25, 0.3) is 0 Å². The van der Waals surface area contributed by atoms with Gasteiger partial charge < -0.3 is 9.84 Å². The molecule has 1 N–H and O–H groups in total. The van der Waals surface area contributed by atoms with Crippen molar-refractivity contribution >= 4 is 5.97 Å². The first-order chi connectivity index (χ1) is 11.0. The van der Waals surface area contributed by atoms with Crippen molar-refractivity contribution < 1.29 is 14.6 Å². The quantitative estimate of drug-likeness (QED) is 0.640. The summed E-state index contributed by atoms with van der Waals surface area (Å²) in [5.74, 6) is 5.89. The van der Waals surface area contributed by atoms with Crippen LogP contribution < -0.4 is 0 Å². The molecule has 0 radical (unpaired) electrons. The Kier molecular flexibility index (Phi) is 4.98. The average molecular weight is 319 g/mol. The minimum Gasteiger partial charge on any atom is -0.458 e. The first kappa shape index (κ1) is 16.8. The summed E-state index contributed by atoms with van der Waals surface area (Å²) in [5.41, 5.74) is -1.62. The SMILES string of the molecule is CC(C)C#CC(O)(C(=O)OC1CN2CCC1CC2)C1CCCC1. The van der Waals surface area contributed by atoms with Crippen LogP contribution in [0.1, 0.15) is 52.4 Å². The second-order valence-electron chi connectivity index (χ2n) is 7.75. The van der Waals surface area contributed by atoms with E-state index in [1.165, 1.54) is 0 Å². The Morgan fingerprint density at radius 3 is 2.39 bits per heavy atom. The minimum absolute atomic E-state index is 0.0706. The topological polar surface area (TPSA) is 49.8 Å². The highest BCUT2D eigenvalue weighted by Gasteiger charge is 2.47. The van der Waals surface area contributed by atoms with Gasteiger partial charge in [0.05, 0.1) is 0 Å². The van der Waals surface area contributed by atoms with Gasteiger partial charge in [0.2, 0.25) is 5.60 Å². The lowest BCUT2D eigenvalue weighted by molar-refractivity contribution is -0.178. The number of esters is 1. The fourth-order valence-corrected chi connectivity index (χ4v) is 4.19. The second-order valence-corrected chi connectivity index (χ2v) is 7.75. The minimum atomic E-state index is -1.62. The summed E-state index contributed by atoms with van der Waals surface area (Å²) < 4.78 is 5.80. The van der Waals surface area contributed by atoms with Crippen molar-refractivity contribution in [2.75, 3.05) is 19.6 Å². The van der Waals surface area contributed by atoms with E-state index in [4.69, 9.17) is 4.74 Å². The van der Waals surface area contributed by atoms with E-state index in [0.717, 1.165) is 58.2 Å². The predicted octanol–water partition coefficient (Wildman–Crippen LogP) is 2.20. The van der Waals surface area contributed by atoms with Crippen molar-refractivity contribution in [2.45, 2.75) is 64.1 Å². The molecule has 0 aromatic rings. The largest absolute Gasteiger partial charge is 0.458 e. The number of piperidine rings is 3. The van der Waals surface area contributed by atoms with E-state index in [2.05, 4.69) is 16.7 Å². The Hall–Kier alpha value is -1.05. The van der Waals surface area contributed by atoms with E-state index >= 15 is 0 Å². The molecular weight excluding hydrogens is 290 g/mol. The number of fused-ring (bicyclic) bond motifs is 3. The summed E-state index contributed by atoms with van der Waals surface area (Å²) >= 11 is 0. The molecule has 0 amide bonds. The molecule has 2 unspecified atom stereocenters. The molecule has 4 nitrogen and oxygen atoms in total. The highest BCUT2D eigenvalue weighted by atomic mass is 16.6. The van der Waals surface area contributed by atoms with Gasteiger partial charge in [0.15, 0.2) is 0 Å². The zero-order valence-corrected chi connectivity index (χ0v) is 14.4. The Morgan fingerprint density at radius 1 is 1.22 bits per heavy atom. The summed E-state index contributed by atoms with van der Waals surface area (Å²) in [6.45, 7) is 6.98. The van der Waals surface area contributed by atoms with E-state index < -0.39 is 11.6 Å². The van der Waals surface area contributed by atoms with Gasteiger partial charge >= 0.3 is 5.97 Å². The lowest BCUT2D eigenvalue weighted by Crippen LogP contribution is -2.55. The van der Waals surface area contributed by atoms with Crippen LogP contribution in [-0.2, 0) is 9.53 Å². The summed E-state index contributed by atoms with van der Waals surface area (Å²) in [6.07, 6.45) is 5.96. The number of hydrogen-bond acceptors (Lipinski definition) is 4. The van der Waals surface area contributed by atoms with Crippen LogP contribution in [0.4, 0.5) is 0 Å². The van der Waals surface area contributed by atoms with Crippen LogP contribution in [0.3, 0.4) is 0 Å². The second kappa shape index (κ2) is 6.83. The molecule has 4 fully saturated rings. The fourth-order valence-electron chi connectivity index (χ4n) is 4.19. The Balaban J connectivity index is 1.73. The molecule has 0 spiro atoms. The molecule has 3 aliphatic heterocycles. The van der Waals surface area contributed by atoms with Gasteiger partial charge in [-0.1, -0.05) is 38.5 Å². The normalized spacial score (nSPS) is 33.1. The average Bonchev–Trinajstić information content (AvgIpc) is 3.08. The molecule has 1 aliphatic carbocycles. The van der Waals surface area contributed by atoms with Crippen molar-refractivity contribution in [1.82, 2.24) is 4.90 Å². The molecule has 4 heteroatoms. The molecule has 2 bridgehead atoms. The van der Waals surface area contributed by atoms with Crippen LogP contribution in [0.5, 0.6) is 0 Å². The number of nitrogens with zero attached hydrogens (tertiary/aromatic N) is 1. The van der Waals surface area contributed by atoms with Gasteiger partial charge in [-0.25, -0.2) is 4.79 Å². The first-order valence-electron chi connectivity index (χ1n) is 9.17. The van der Waals surface area contributed by atoms with Crippen molar-refractivity contribution in [2.24, 2.45) is 17.8 Å². The van der Waals surface area contributed by atoms with E-state index in [-0.39, 0.29) is 17.9 Å². The van der Waals surface area contributed by atoms with Gasteiger partial charge in [-0.15, -0.1) is 0 Å². The van der Waals surface area contributed by atoms with Gasteiger partial charge in [0.25, 0.3) is 0 Å². The van der Waals surface area contributed by atoms with Crippen LogP contribution >= 0.6 is 0 Å². The van der Waals surface area contributed by atoms with Gasteiger partial charge in [0, 0.05) is 18.4 Å². The standard InChI is InChI=1S/C19H29NO3/c1-14(2)7-10-19(22,16-5-3-4-6-16)18(21)23-17-13-20-11-8-15(17)9-12-20/h14-17,22H,3-6,8-9,11-13H2,1-2H3. The highest BCUT2D eigenvalue weighted by Crippen LogP contribution is 2.36. The third kappa shape index (κ3) is 3.56. The van der Waals surface area contributed by atoms with Crippen LogP contribution in [-0.4, -0.2) is 47.3 Å². The zero-order valence-electron chi connectivity index (χ0n) is 14.4. The smallest absolute Gasteiger partial charge is 0.351 e. The number of carbonyl (C=O) groups is 1. The van der Waals surface area contributed by atoms with E-state index in [1.54, 1.807) is 0 Å². The first-order valence-corrected chi connectivity index (χ1v) is 9.17. The molecule has 3 heterocycles. The molecule has 1 saturated carbocycles. The predicted molar refractivity (Wildman–Crippen MR) is 88.6 cm³/mol. The van der Waals surface area contributed by atoms with Crippen molar-refractivity contribution in [3.8, 4) is 11.8 Å². The lowest BCUT2D eigenvalue weighted by Gasteiger charge is -2.44. The molecule has 23 heavy (non-hydrogen) atoms. The lowest BCUT2D eigenvalue weighted by atomic mass is 9.84. The van der Waals surface area contributed by atoms with Crippen molar-refractivity contribution in [1.29, 1.82) is 0 Å². The molecule has 0 aromatic heterocycles. The van der Waals surface area contributed by atoms with Gasteiger partial charge in [-0.05, 0) is 44.7 Å². The number of aliphatic hydroxyl groups is 1. The van der Waals surface area contributed by atoms with Gasteiger partial charge in [0.1, 0.15) is 6.10 Å². The van der Waals surface area contributed by atoms with Crippen molar-refractivity contribution in [3.63, 3.8) is 0 Å². The highest BCUT2D eigenvalue weighted by molar-refractivity contribution is 5.84. The number of hydrogen-bond donors (Lipinski definition) is 1. The summed E-state index contributed by atoms with van der Waals surface area (Å²) in [7, 11) is 0. The van der Waals surface area contributed by atoms with E-state index in [1.807, 2.05) is 13.8 Å². The molecule has 128 valence electrons. The molecule has 0 aromatic carbocycles. The number of carbonyl (C=O) groups excluding carboxylic acids is 1. The van der Waals surface area contributed by atoms with Crippen LogP contribution in [0.15, 0.2) is 0 Å². The Bertz CT molecular complexity index is 492. The van der Waals surface area contributed by atoms with Gasteiger partial charge in [-0.2, -0.15) is 0 Å². The third-order valence-corrected chi connectivity index (χ3v) is 5.66. The maximum atomic E-state index is 12.8. The molecule has 4 aliphatic rings. The third-order valence-electron chi connectivity index (χ3n) is 5.66. The van der Waals surface area contributed by atoms with Crippen molar-refractivity contribution in [3.05, 3.63) is 0 Å². The molecule has 3 saturated heterocycles. The van der Waals surface area contributed by atoms with Crippen LogP contribution in [0, 0.1) is 29.6 Å². The van der Waals surface area contributed by atoms with Crippen LogP contribution in [0.2, 0.25) is 0 Å². The summed E-state index contributed by atoms with van der Waals surface area (Å²) in [4.78, 5) is 15.2. The maximum absolute atomic E-state index is 12.8. The number of rotatable bonds is 3. The zero-order chi connectivity index (χ0) is 16.4. The molecule has 4 rings (SSSR count). The van der Waals surface area contributed by atoms with Gasteiger partial charge in [-0.3, -0.25) is 4.90 Å². The Labute approximate surface area is 139 Å². The monoisotopic (exact) mass is 319 g/mol. The molecule has 2 atom stereocenters. The number of ether oxygens (including phenoxy) is 1.